The molecule has 0 radical (unpaired) electrons. The Morgan fingerprint density at radius 2 is 1.97 bits per heavy atom. The number of fused-ring (bicyclic) bond motifs is 1. The van der Waals surface area contributed by atoms with Gasteiger partial charge in [-0.1, -0.05) is 38.2 Å². The van der Waals surface area contributed by atoms with Gasteiger partial charge in [0.1, 0.15) is 6.17 Å². The second-order valence-electron chi connectivity index (χ2n) is 11.3. The van der Waals surface area contributed by atoms with Gasteiger partial charge in [-0.15, -0.1) is 0 Å². The first-order valence-corrected chi connectivity index (χ1v) is 12.2. The van der Waals surface area contributed by atoms with Crippen LogP contribution in [0.25, 0.3) is 0 Å². The van der Waals surface area contributed by atoms with E-state index in [1.54, 1.807) is 13.8 Å². The highest BCUT2D eigenvalue weighted by Gasteiger charge is 2.50. The fourth-order valence-electron chi connectivity index (χ4n) is 6.62. The summed E-state index contributed by atoms with van der Waals surface area (Å²) >= 11 is 0. The van der Waals surface area contributed by atoms with Crippen LogP contribution in [0.1, 0.15) is 85.5 Å². The predicted octanol–water partition coefficient (Wildman–Crippen LogP) is 5.65. The quantitative estimate of drug-likeness (QED) is 0.506. The monoisotopic (exact) mass is 434 g/mol. The van der Waals surface area contributed by atoms with Gasteiger partial charge in [-0.05, 0) is 99.5 Å². The van der Waals surface area contributed by atoms with Gasteiger partial charge < -0.3 is 15.3 Å². The Morgan fingerprint density at radius 3 is 2.65 bits per heavy atom. The molecular weight excluding hydrogens is 391 g/mol. The molecule has 0 aromatic rings. The van der Waals surface area contributed by atoms with E-state index in [-0.39, 0.29) is 11.8 Å². The second kappa shape index (κ2) is 9.49. The number of aliphatic hydroxyl groups is 3. The molecule has 0 spiro atoms. The minimum atomic E-state index is -1.14. The van der Waals surface area contributed by atoms with Gasteiger partial charge in [0.15, 0.2) is 0 Å². The molecule has 0 aromatic heterocycles. The van der Waals surface area contributed by atoms with Crippen LogP contribution in [0.5, 0.6) is 0 Å². The molecule has 0 amide bonds. The SMILES string of the molecule is C=C1/C(=C\C=C2CCC[C@@]3(C)C2CC[C@@H]3[C@H](C)CC[C@@H](O)C(C)(C)O)C[C@@H](O)C[C@H]1F. The van der Waals surface area contributed by atoms with Gasteiger partial charge in [0.25, 0.3) is 0 Å². The molecule has 3 aliphatic carbocycles. The maximum Gasteiger partial charge on any atom is 0.127 e. The number of aliphatic hydroxyl groups excluding tert-OH is 2. The van der Waals surface area contributed by atoms with Crippen molar-refractivity contribution in [3.05, 3.63) is 35.5 Å². The molecule has 0 bridgehead atoms. The second-order valence-corrected chi connectivity index (χ2v) is 11.3. The van der Waals surface area contributed by atoms with Crippen LogP contribution in [0.4, 0.5) is 4.39 Å². The third-order valence-electron chi connectivity index (χ3n) is 8.66. The van der Waals surface area contributed by atoms with Crippen LogP contribution in [-0.2, 0) is 0 Å². The summed E-state index contributed by atoms with van der Waals surface area (Å²) in [5.74, 6) is 1.67. The maximum atomic E-state index is 14.1. The highest BCUT2D eigenvalue weighted by Crippen LogP contribution is 2.60. The first-order chi connectivity index (χ1) is 14.4. The zero-order chi connectivity index (χ0) is 23.0. The number of alkyl halides is 1. The summed E-state index contributed by atoms with van der Waals surface area (Å²) in [5.41, 5.74) is 2.06. The molecule has 0 aliphatic heterocycles. The zero-order valence-corrected chi connectivity index (χ0v) is 19.9. The van der Waals surface area contributed by atoms with Crippen LogP contribution in [0.15, 0.2) is 35.5 Å². The minimum Gasteiger partial charge on any atom is -0.393 e. The summed E-state index contributed by atoms with van der Waals surface area (Å²) < 4.78 is 14.1. The summed E-state index contributed by atoms with van der Waals surface area (Å²) in [4.78, 5) is 0. The highest BCUT2D eigenvalue weighted by molar-refractivity contribution is 5.38. The van der Waals surface area contributed by atoms with Crippen LogP contribution in [-0.4, -0.2) is 39.3 Å². The van der Waals surface area contributed by atoms with E-state index >= 15 is 0 Å². The predicted molar refractivity (Wildman–Crippen MR) is 124 cm³/mol. The zero-order valence-electron chi connectivity index (χ0n) is 19.9. The molecule has 0 heterocycles. The largest absolute Gasteiger partial charge is 0.393 e. The van der Waals surface area contributed by atoms with Crippen LogP contribution in [0.3, 0.4) is 0 Å². The van der Waals surface area contributed by atoms with E-state index in [4.69, 9.17) is 0 Å². The standard InChI is InChI=1S/C27H43FO3/c1-17(8-13-25(30)26(3,4)31)22-11-12-23-19(7-6-14-27(22,23)5)9-10-20-15-21(29)16-24(28)18(20)2/h9-10,17,21-25,29-31H,2,6-8,11-16H2,1,3-5H3/b19-9?,20-10-/t17-,21-,22-,23?,24-,25-,27-/m1/s1. The van der Waals surface area contributed by atoms with Crippen molar-refractivity contribution in [2.24, 2.45) is 23.2 Å². The number of hydrogen-bond donors (Lipinski definition) is 3. The van der Waals surface area contributed by atoms with E-state index in [9.17, 15) is 19.7 Å². The average molecular weight is 435 g/mol. The van der Waals surface area contributed by atoms with E-state index in [0.717, 1.165) is 18.4 Å². The van der Waals surface area contributed by atoms with Crippen molar-refractivity contribution in [2.75, 3.05) is 0 Å². The molecule has 1 unspecified atom stereocenters. The third-order valence-corrected chi connectivity index (χ3v) is 8.66. The van der Waals surface area contributed by atoms with Crippen molar-refractivity contribution >= 4 is 0 Å². The third kappa shape index (κ3) is 5.34. The average Bonchev–Trinajstić information content (AvgIpc) is 3.04. The van der Waals surface area contributed by atoms with Crippen molar-refractivity contribution in [1.82, 2.24) is 0 Å². The molecule has 3 saturated carbocycles. The molecule has 3 nitrogen and oxygen atoms in total. The summed E-state index contributed by atoms with van der Waals surface area (Å²) in [6.07, 6.45) is 9.89. The van der Waals surface area contributed by atoms with Gasteiger partial charge in [0.05, 0.1) is 17.8 Å². The Kier molecular flexibility index (Phi) is 7.55. The first-order valence-electron chi connectivity index (χ1n) is 12.2. The Bertz CT molecular complexity index is 718. The van der Waals surface area contributed by atoms with Crippen LogP contribution in [0.2, 0.25) is 0 Å². The van der Waals surface area contributed by atoms with E-state index < -0.39 is 24.0 Å². The summed E-state index contributed by atoms with van der Waals surface area (Å²) in [6.45, 7) is 12.0. The molecule has 0 aromatic carbocycles. The van der Waals surface area contributed by atoms with Crippen molar-refractivity contribution in [3.63, 3.8) is 0 Å². The van der Waals surface area contributed by atoms with E-state index in [0.29, 0.717) is 36.2 Å². The van der Waals surface area contributed by atoms with Crippen molar-refractivity contribution in [2.45, 2.75) is 109 Å². The smallest absolute Gasteiger partial charge is 0.127 e. The Balaban J connectivity index is 1.71. The lowest BCUT2D eigenvalue weighted by molar-refractivity contribution is -0.0554. The van der Waals surface area contributed by atoms with Crippen LogP contribution >= 0.6 is 0 Å². The Morgan fingerprint density at radius 1 is 1.26 bits per heavy atom. The van der Waals surface area contributed by atoms with E-state index in [1.807, 2.05) is 6.08 Å². The van der Waals surface area contributed by atoms with Gasteiger partial charge in [-0.25, -0.2) is 4.39 Å². The molecule has 3 fully saturated rings. The molecule has 3 aliphatic rings. The fourth-order valence-corrected chi connectivity index (χ4v) is 6.62. The molecule has 4 heteroatoms. The maximum absolute atomic E-state index is 14.1. The first kappa shape index (κ1) is 24.7. The van der Waals surface area contributed by atoms with Crippen molar-refractivity contribution in [3.8, 4) is 0 Å². The van der Waals surface area contributed by atoms with E-state index in [1.165, 1.54) is 31.3 Å². The number of rotatable bonds is 6. The lowest BCUT2D eigenvalue weighted by Gasteiger charge is -2.44. The fraction of sp³-hybridized carbons (Fsp3) is 0.778. The molecule has 0 saturated heterocycles. The van der Waals surface area contributed by atoms with Crippen LogP contribution < -0.4 is 0 Å². The number of halogens is 1. The van der Waals surface area contributed by atoms with Crippen LogP contribution in [0, 0.1) is 23.2 Å². The van der Waals surface area contributed by atoms with Gasteiger partial charge in [-0.2, -0.15) is 0 Å². The normalized spacial score (nSPS) is 39.0. The summed E-state index contributed by atoms with van der Waals surface area (Å²) in [5, 5.41) is 30.3. The number of hydrogen-bond acceptors (Lipinski definition) is 3. The van der Waals surface area contributed by atoms with Gasteiger partial charge >= 0.3 is 0 Å². The molecule has 3 rings (SSSR count). The van der Waals surface area contributed by atoms with Gasteiger partial charge in [-0.3, -0.25) is 0 Å². The summed E-state index contributed by atoms with van der Waals surface area (Å²) in [7, 11) is 0. The van der Waals surface area contributed by atoms with E-state index in [2.05, 4.69) is 26.5 Å². The van der Waals surface area contributed by atoms with Gasteiger partial charge in [0.2, 0.25) is 0 Å². The topological polar surface area (TPSA) is 60.7 Å². The minimum absolute atomic E-state index is 0.162. The molecule has 31 heavy (non-hydrogen) atoms. The number of allylic oxidation sites excluding steroid dienone is 4. The molecule has 3 N–H and O–H groups in total. The lowest BCUT2D eigenvalue weighted by Crippen LogP contribution is -2.38. The Labute approximate surface area is 188 Å². The van der Waals surface area contributed by atoms with Crippen molar-refractivity contribution < 1.29 is 19.7 Å². The lowest BCUT2D eigenvalue weighted by atomic mass is 9.60. The Hall–Kier alpha value is -0.970. The van der Waals surface area contributed by atoms with Gasteiger partial charge in [0, 0.05) is 6.42 Å². The molecular formula is C27H43FO3. The molecule has 176 valence electrons. The summed E-state index contributed by atoms with van der Waals surface area (Å²) in [6, 6.07) is 0. The highest BCUT2D eigenvalue weighted by atomic mass is 19.1. The van der Waals surface area contributed by atoms with Crippen molar-refractivity contribution in [1.29, 1.82) is 0 Å². The molecule has 7 atom stereocenters.